The molecule has 29 heavy (non-hydrogen) atoms. The van der Waals surface area contributed by atoms with Crippen LogP contribution in [0.4, 0.5) is 5.69 Å². The number of aryl methyl sites for hydroxylation is 1. The van der Waals surface area contributed by atoms with Gasteiger partial charge < -0.3 is 9.88 Å². The number of rotatable bonds is 9. The molecule has 2 aromatic rings. The van der Waals surface area contributed by atoms with E-state index in [9.17, 15) is 14.4 Å². The van der Waals surface area contributed by atoms with Gasteiger partial charge in [-0.2, -0.15) is 0 Å². The highest BCUT2D eigenvalue weighted by atomic mass is 32.2. The maximum Gasteiger partial charge on any atom is 0.269 e. The molecule has 1 aromatic carbocycles. The summed E-state index contributed by atoms with van der Waals surface area (Å²) in [5, 5.41) is 0.384. The first-order valence-corrected chi connectivity index (χ1v) is 10.6. The van der Waals surface area contributed by atoms with E-state index >= 15 is 0 Å². The van der Waals surface area contributed by atoms with Crippen LogP contribution in [0.5, 0.6) is 0 Å². The highest BCUT2D eigenvalue weighted by Crippen LogP contribution is 2.15. The summed E-state index contributed by atoms with van der Waals surface area (Å²) < 4.78 is 0. The highest BCUT2D eigenvalue weighted by molar-refractivity contribution is 7.99. The summed E-state index contributed by atoms with van der Waals surface area (Å²) in [6, 6.07) is 8.66. The van der Waals surface area contributed by atoms with E-state index < -0.39 is 11.8 Å². The number of aromatic nitrogens is 2. The molecular weight excluding hydrogens is 390 g/mol. The number of amides is 2. The Hall–Kier alpha value is -2.81. The third kappa shape index (κ3) is 6.94. The summed E-state index contributed by atoms with van der Waals surface area (Å²) in [7, 11) is 0. The molecule has 1 aromatic heterocycles. The maximum atomic E-state index is 12.2. The number of nitrogens with zero attached hydrogens (tertiary/aromatic N) is 2. The second kappa shape index (κ2) is 11.3. The molecule has 0 saturated heterocycles. The largest absolute Gasteiger partial charge is 0.372 e. The average Bonchev–Trinajstić information content (AvgIpc) is 2.72. The lowest BCUT2D eigenvalue weighted by Gasteiger charge is -2.21. The van der Waals surface area contributed by atoms with Crippen LogP contribution in [-0.2, 0) is 11.2 Å². The Balaban J connectivity index is 1.84. The van der Waals surface area contributed by atoms with Crippen LogP contribution in [0.3, 0.4) is 0 Å². The van der Waals surface area contributed by atoms with Gasteiger partial charge in [-0.3, -0.25) is 25.2 Å². The number of hydrogen-bond donors (Lipinski definition) is 3. The third-order valence-electron chi connectivity index (χ3n) is 4.19. The topological polar surface area (TPSA) is 107 Å². The van der Waals surface area contributed by atoms with Crippen molar-refractivity contribution in [2.45, 2.75) is 38.8 Å². The number of hydrazine groups is 1. The summed E-state index contributed by atoms with van der Waals surface area (Å²) in [4.78, 5) is 44.9. The van der Waals surface area contributed by atoms with Crippen LogP contribution in [-0.4, -0.2) is 40.6 Å². The fourth-order valence-electron chi connectivity index (χ4n) is 2.72. The third-order valence-corrected chi connectivity index (χ3v) is 5.07. The molecule has 0 unspecified atom stereocenters. The molecule has 0 spiro atoms. The molecule has 0 atom stereocenters. The molecule has 0 radical (unpaired) electrons. The Morgan fingerprint density at radius 2 is 1.79 bits per heavy atom. The standard InChI is InChI=1S/C20H27N5O3S/c1-4-7-15-12-17(26)22-20(21-15)29-13-18(27)23-24-19(28)14-8-10-16(11-9-14)25(5-2)6-3/h8-12H,4-7,13H2,1-3H3,(H,23,27)(H,24,28)(H,21,22,26). The van der Waals surface area contributed by atoms with Crippen LogP contribution in [0.25, 0.3) is 0 Å². The van der Waals surface area contributed by atoms with Crippen LogP contribution >= 0.6 is 11.8 Å². The van der Waals surface area contributed by atoms with Crippen molar-refractivity contribution in [2.24, 2.45) is 0 Å². The number of thioether (sulfide) groups is 1. The van der Waals surface area contributed by atoms with Crippen molar-refractivity contribution in [3.63, 3.8) is 0 Å². The maximum absolute atomic E-state index is 12.2. The lowest BCUT2D eigenvalue weighted by Crippen LogP contribution is -2.42. The van der Waals surface area contributed by atoms with Crippen molar-refractivity contribution in [2.75, 3.05) is 23.7 Å². The lowest BCUT2D eigenvalue weighted by molar-refractivity contribution is -0.119. The molecule has 156 valence electrons. The van der Waals surface area contributed by atoms with Crippen molar-refractivity contribution >= 4 is 29.3 Å². The van der Waals surface area contributed by atoms with Crippen LogP contribution in [0.1, 0.15) is 43.2 Å². The minimum atomic E-state index is -0.397. The first kappa shape index (κ1) is 22.5. The van der Waals surface area contributed by atoms with Gasteiger partial charge in [0.2, 0.25) is 5.91 Å². The van der Waals surface area contributed by atoms with Gasteiger partial charge in [-0.1, -0.05) is 25.1 Å². The van der Waals surface area contributed by atoms with E-state index in [-0.39, 0.29) is 11.3 Å². The fourth-order valence-corrected chi connectivity index (χ4v) is 3.41. The van der Waals surface area contributed by atoms with Crippen LogP contribution < -0.4 is 21.3 Å². The Labute approximate surface area is 174 Å². The van der Waals surface area contributed by atoms with Crippen LogP contribution in [0.15, 0.2) is 40.3 Å². The lowest BCUT2D eigenvalue weighted by atomic mass is 10.2. The van der Waals surface area contributed by atoms with E-state index in [0.29, 0.717) is 22.8 Å². The summed E-state index contributed by atoms with van der Waals surface area (Å²) >= 11 is 1.10. The van der Waals surface area contributed by atoms with Gasteiger partial charge >= 0.3 is 0 Å². The van der Waals surface area contributed by atoms with Gasteiger partial charge in [0, 0.05) is 36.1 Å². The summed E-state index contributed by atoms with van der Waals surface area (Å²) in [5.41, 5.74) is 6.72. The number of carbonyl (C=O) groups is 2. The first-order chi connectivity index (χ1) is 14.0. The zero-order valence-electron chi connectivity index (χ0n) is 16.9. The molecule has 0 aliphatic heterocycles. The number of benzene rings is 1. The van der Waals surface area contributed by atoms with E-state index in [1.54, 1.807) is 12.1 Å². The van der Waals surface area contributed by atoms with Gasteiger partial charge in [-0.15, -0.1) is 0 Å². The summed E-state index contributed by atoms with van der Waals surface area (Å²) in [6.07, 6.45) is 1.58. The summed E-state index contributed by atoms with van der Waals surface area (Å²) in [6.45, 7) is 7.92. The highest BCUT2D eigenvalue weighted by Gasteiger charge is 2.10. The van der Waals surface area contributed by atoms with Crippen molar-refractivity contribution in [1.29, 1.82) is 0 Å². The average molecular weight is 418 g/mol. The molecule has 0 bridgehead atoms. The van der Waals surface area contributed by atoms with Gasteiger partial charge in [0.1, 0.15) is 0 Å². The van der Waals surface area contributed by atoms with Gasteiger partial charge in [-0.25, -0.2) is 4.98 Å². The Morgan fingerprint density at radius 1 is 1.10 bits per heavy atom. The van der Waals surface area contributed by atoms with Crippen molar-refractivity contribution in [3.8, 4) is 0 Å². The number of carbonyl (C=O) groups excluding carboxylic acids is 2. The molecule has 9 heteroatoms. The van der Waals surface area contributed by atoms with Gasteiger partial charge in [0.25, 0.3) is 11.5 Å². The monoisotopic (exact) mass is 417 g/mol. The van der Waals surface area contributed by atoms with Gasteiger partial charge in [-0.05, 0) is 44.5 Å². The molecule has 2 amide bonds. The minimum Gasteiger partial charge on any atom is -0.372 e. The number of nitrogens with one attached hydrogen (secondary N) is 3. The minimum absolute atomic E-state index is 0.0136. The van der Waals surface area contributed by atoms with Crippen LogP contribution in [0, 0.1) is 0 Å². The molecule has 0 saturated carbocycles. The normalized spacial score (nSPS) is 10.4. The Bertz CT molecular complexity index is 878. The van der Waals surface area contributed by atoms with Crippen molar-refractivity contribution in [1.82, 2.24) is 20.8 Å². The number of anilines is 1. The number of hydrogen-bond acceptors (Lipinski definition) is 6. The predicted molar refractivity (Wildman–Crippen MR) is 115 cm³/mol. The van der Waals surface area contributed by atoms with E-state index in [4.69, 9.17) is 0 Å². The molecule has 0 fully saturated rings. The van der Waals surface area contributed by atoms with E-state index in [2.05, 4.69) is 39.6 Å². The molecule has 0 aliphatic carbocycles. The second-order valence-corrected chi connectivity index (χ2v) is 7.27. The smallest absolute Gasteiger partial charge is 0.269 e. The summed E-state index contributed by atoms with van der Waals surface area (Å²) in [5.74, 6) is -0.780. The number of H-pyrrole nitrogens is 1. The predicted octanol–water partition coefficient (Wildman–Crippen LogP) is 2.12. The molecule has 8 nitrogen and oxygen atoms in total. The van der Waals surface area contributed by atoms with Crippen LogP contribution in [0.2, 0.25) is 0 Å². The fraction of sp³-hybridized carbons (Fsp3) is 0.400. The zero-order chi connectivity index (χ0) is 21.2. The number of aromatic amines is 1. The molecular formula is C20H27N5O3S. The SMILES string of the molecule is CCCc1cc(=O)[nH]c(SCC(=O)NNC(=O)c2ccc(N(CC)CC)cc2)n1. The van der Waals surface area contributed by atoms with Crippen molar-refractivity contribution in [3.05, 3.63) is 51.9 Å². The second-order valence-electron chi connectivity index (χ2n) is 6.30. The molecule has 2 rings (SSSR count). The van der Waals surface area contributed by atoms with Gasteiger partial charge in [0.05, 0.1) is 5.75 Å². The van der Waals surface area contributed by atoms with E-state index in [1.807, 2.05) is 19.1 Å². The van der Waals surface area contributed by atoms with Gasteiger partial charge in [0.15, 0.2) is 5.16 Å². The van der Waals surface area contributed by atoms with E-state index in [0.717, 1.165) is 37.0 Å². The Morgan fingerprint density at radius 3 is 2.41 bits per heavy atom. The first-order valence-electron chi connectivity index (χ1n) is 9.64. The molecule has 3 N–H and O–H groups in total. The Kier molecular flexibility index (Phi) is 8.72. The zero-order valence-corrected chi connectivity index (χ0v) is 17.8. The van der Waals surface area contributed by atoms with E-state index in [1.165, 1.54) is 6.07 Å². The molecule has 1 heterocycles. The quantitative estimate of drug-likeness (QED) is 0.328. The van der Waals surface area contributed by atoms with Crippen molar-refractivity contribution < 1.29 is 9.59 Å². The molecule has 0 aliphatic rings.